The van der Waals surface area contributed by atoms with Crippen LogP contribution in [0.25, 0.3) is 11.0 Å². The number of fused-ring (bicyclic) bond motifs is 1. The first-order valence-electron chi connectivity index (χ1n) is 8.48. The minimum absolute atomic E-state index is 0.125. The summed E-state index contributed by atoms with van der Waals surface area (Å²) in [7, 11) is 0. The minimum Gasteiger partial charge on any atom is -0.322 e. The largest absolute Gasteiger partial charge is 0.322 e. The van der Waals surface area contributed by atoms with Gasteiger partial charge in [0.15, 0.2) is 5.65 Å². The number of halogens is 1. The van der Waals surface area contributed by atoms with Gasteiger partial charge >= 0.3 is 0 Å². The lowest BCUT2D eigenvalue weighted by Crippen LogP contribution is -2.13. The zero-order valence-corrected chi connectivity index (χ0v) is 15.7. The van der Waals surface area contributed by atoms with E-state index in [9.17, 15) is 4.79 Å². The molecular formula is C19H19BrN4O. The van der Waals surface area contributed by atoms with Gasteiger partial charge in [0.25, 0.3) is 5.91 Å². The SMILES string of the molecule is CC(C)n1ncc2c(C(=O)Nc3ccc(Br)cc3)cc(C3CC3)nc21. The number of hydrogen-bond acceptors (Lipinski definition) is 3. The van der Waals surface area contributed by atoms with Gasteiger partial charge in [-0.25, -0.2) is 9.67 Å². The summed E-state index contributed by atoms with van der Waals surface area (Å²) >= 11 is 3.41. The van der Waals surface area contributed by atoms with Crippen LogP contribution in [0.5, 0.6) is 0 Å². The van der Waals surface area contributed by atoms with Crippen molar-refractivity contribution in [2.24, 2.45) is 0 Å². The number of aromatic nitrogens is 3. The van der Waals surface area contributed by atoms with Crippen molar-refractivity contribution in [2.45, 2.75) is 38.6 Å². The first kappa shape index (κ1) is 16.3. The highest BCUT2D eigenvalue weighted by atomic mass is 79.9. The van der Waals surface area contributed by atoms with Crippen LogP contribution >= 0.6 is 15.9 Å². The lowest BCUT2D eigenvalue weighted by Gasteiger charge is -2.11. The molecule has 0 atom stereocenters. The van der Waals surface area contributed by atoms with Crippen LogP contribution in [0, 0.1) is 0 Å². The number of carbonyl (C=O) groups is 1. The number of anilines is 1. The van der Waals surface area contributed by atoms with E-state index in [1.54, 1.807) is 6.20 Å². The second-order valence-corrected chi connectivity index (χ2v) is 7.67. The molecule has 0 unspecified atom stereocenters. The van der Waals surface area contributed by atoms with Crippen LogP contribution in [0.4, 0.5) is 5.69 Å². The number of carbonyl (C=O) groups excluding carboxylic acids is 1. The lowest BCUT2D eigenvalue weighted by atomic mass is 10.1. The third-order valence-corrected chi connectivity index (χ3v) is 4.95. The number of benzene rings is 1. The molecule has 1 saturated carbocycles. The third kappa shape index (κ3) is 3.18. The van der Waals surface area contributed by atoms with Crippen LogP contribution in [-0.4, -0.2) is 20.7 Å². The lowest BCUT2D eigenvalue weighted by molar-refractivity contribution is 0.102. The van der Waals surface area contributed by atoms with Gasteiger partial charge in [0, 0.05) is 27.8 Å². The van der Waals surface area contributed by atoms with E-state index in [-0.39, 0.29) is 11.9 Å². The normalized spacial score (nSPS) is 14.2. The molecule has 0 radical (unpaired) electrons. The molecule has 25 heavy (non-hydrogen) atoms. The van der Waals surface area contributed by atoms with Gasteiger partial charge in [-0.2, -0.15) is 5.10 Å². The van der Waals surface area contributed by atoms with Crippen molar-refractivity contribution in [3.63, 3.8) is 0 Å². The van der Waals surface area contributed by atoms with Crippen molar-refractivity contribution in [3.8, 4) is 0 Å². The molecule has 1 amide bonds. The van der Waals surface area contributed by atoms with Crippen molar-refractivity contribution < 1.29 is 4.79 Å². The maximum absolute atomic E-state index is 12.9. The van der Waals surface area contributed by atoms with Crippen LogP contribution in [0.1, 0.15) is 54.7 Å². The molecule has 0 bridgehead atoms. The van der Waals surface area contributed by atoms with E-state index in [2.05, 4.69) is 40.2 Å². The van der Waals surface area contributed by atoms with Crippen molar-refractivity contribution in [1.82, 2.24) is 14.8 Å². The first-order chi connectivity index (χ1) is 12.0. The molecule has 0 saturated heterocycles. The van der Waals surface area contributed by atoms with E-state index in [0.29, 0.717) is 11.5 Å². The van der Waals surface area contributed by atoms with Crippen molar-refractivity contribution in [2.75, 3.05) is 5.32 Å². The Hall–Kier alpha value is -2.21. The van der Waals surface area contributed by atoms with E-state index in [1.807, 2.05) is 35.0 Å². The second kappa shape index (κ2) is 6.26. The number of amides is 1. The second-order valence-electron chi connectivity index (χ2n) is 6.75. The molecular weight excluding hydrogens is 380 g/mol. The Labute approximate surface area is 154 Å². The van der Waals surface area contributed by atoms with Crippen LogP contribution < -0.4 is 5.32 Å². The zero-order chi connectivity index (χ0) is 17.6. The summed E-state index contributed by atoms with van der Waals surface area (Å²) in [5, 5.41) is 8.22. The fourth-order valence-electron chi connectivity index (χ4n) is 2.92. The third-order valence-electron chi connectivity index (χ3n) is 4.42. The number of nitrogens with zero attached hydrogens (tertiary/aromatic N) is 3. The van der Waals surface area contributed by atoms with E-state index >= 15 is 0 Å². The topological polar surface area (TPSA) is 59.8 Å². The van der Waals surface area contributed by atoms with E-state index in [1.165, 1.54) is 0 Å². The van der Waals surface area contributed by atoms with Crippen molar-refractivity contribution >= 4 is 38.6 Å². The fourth-order valence-corrected chi connectivity index (χ4v) is 3.19. The molecule has 2 aromatic heterocycles. The van der Waals surface area contributed by atoms with Crippen LogP contribution in [0.15, 0.2) is 41.0 Å². The number of rotatable bonds is 4. The molecule has 0 aliphatic heterocycles. The highest BCUT2D eigenvalue weighted by Crippen LogP contribution is 2.40. The summed E-state index contributed by atoms with van der Waals surface area (Å²) in [6, 6.07) is 9.69. The van der Waals surface area contributed by atoms with E-state index < -0.39 is 0 Å². The first-order valence-corrected chi connectivity index (χ1v) is 9.27. The van der Waals surface area contributed by atoms with E-state index in [4.69, 9.17) is 4.98 Å². The van der Waals surface area contributed by atoms with Gasteiger partial charge in [-0.1, -0.05) is 15.9 Å². The summed E-state index contributed by atoms with van der Waals surface area (Å²) in [6.07, 6.45) is 4.03. The summed E-state index contributed by atoms with van der Waals surface area (Å²) in [4.78, 5) is 17.7. The van der Waals surface area contributed by atoms with Gasteiger partial charge in [0.05, 0.1) is 17.1 Å². The molecule has 3 aromatic rings. The minimum atomic E-state index is -0.125. The van der Waals surface area contributed by atoms with Gasteiger partial charge in [-0.05, 0) is 57.0 Å². The average Bonchev–Trinajstić information content (AvgIpc) is 3.35. The molecule has 128 valence electrons. The molecule has 1 aliphatic carbocycles. The summed E-state index contributed by atoms with van der Waals surface area (Å²) < 4.78 is 2.86. The predicted octanol–water partition coefficient (Wildman–Crippen LogP) is 4.90. The quantitative estimate of drug-likeness (QED) is 0.679. The molecule has 0 spiro atoms. The van der Waals surface area contributed by atoms with Gasteiger partial charge in [-0.3, -0.25) is 4.79 Å². The Morgan fingerprint density at radius 1 is 1.28 bits per heavy atom. The van der Waals surface area contributed by atoms with Crippen LogP contribution in [0.3, 0.4) is 0 Å². The molecule has 1 N–H and O–H groups in total. The number of nitrogens with one attached hydrogen (secondary N) is 1. The monoisotopic (exact) mass is 398 g/mol. The molecule has 1 aromatic carbocycles. The number of hydrogen-bond donors (Lipinski definition) is 1. The number of pyridine rings is 1. The molecule has 2 heterocycles. The van der Waals surface area contributed by atoms with Gasteiger partial charge < -0.3 is 5.32 Å². The highest BCUT2D eigenvalue weighted by Gasteiger charge is 2.28. The van der Waals surface area contributed by atoms with E-state index in [0.717, 1.165) is 39.7 Å². The molecule has 1 fully saturated rings. The zero-order valence-electron chi connectivity index (χ0n) is 14.2. The standard InChI is InChI=1S/C19H19BrN4O/c1-11(2)24-18-16(10-21-24)15(9-17(23-18)12-3-4-12)19(25)22-14-7-5-13(20)6-8-14/h5-12H,3-4H2,1-2H3,(H,22,25). The average molecular weight is 399 g/mol. The summed E-state index contributed by atoms with van der Waals surface area (Å²) in [6.45, 7) is 4.14. The highest BCUT2D eigenvalue weighted by molar-refractivity contribution is 9.10. The van der Waals surface area contributed by atoms with Gasteiger partial charge in [-0.15, -0.1) is 0 Å². The Morgan fingerprint density at radius 3 is 2.64 bits per heavy atom. The van der Waals surface area contributed by atoms with Crippen LogP contribution in [0.2, 0.25) is 0 Å². The Morgan fingerprint density at radius 2 is 2.00 bits per heavy atom. The molecule has 4 rings (SSSR count). The maximum Gasteiger partial charge on any atom is 0.256 e. The maximum atomic E-state index is 12.9. The fraction of sp³-hybridized carbons (Fsp3) is 0.316. The van der Waals surface area contributed by atoms with Crippen LogP contribution in [-0.2, 0) is 0 Å². The summed E-state index contributed by atoms with van der Waals surface area (Å²) in [5.41, 5.74) is 3.19. The smallest absolute Gasteiger partial charge is 0.256 e. The molecule has 5 nitrogen and oxygen atoms in total. The summed E-state index contributed by atoms with van der Waals surface area (Å²) in [5.74, 6) is 0.346. The van der Waals surface area contributed by atoms with Gasteiger partial charge in [0.2, 0.25) is 0 Å². The van der Waals surface area contributed by atoms with Crippen molar-refractivity contribution in [3.05, 3.63) is 52.3 Å². The van der Waals surface area contributed by atoms with Crippen molar-refractivity contribution in [1.29, 1.82) is 0 Å². The predicted molar refractivity (Wildman–Crippen MR) is 102 cm³/mol. The molecule has 1 aliphatic rings. The Balaban J connectivity index is 1.76. The Bertz CT molecular complexity index is 942. The molecule has 6 heteroatoms. The van der Waals surface area contributed by atoms with Gasteiger partial charge in [0.1, 0.15) is 0 Å². The Kier molecular flexibility index (Phi) is 4.07.